The molecule has 1 unspecified atom stereocenters. The molecule has 0 radical (unpaired) electrons. The molecule has 2 aromatic rings. The number of fused-ring (bicyclic) bond motifs is 1. The van der Waals surface area contributed by atoms with Crippen molar-refractivity contribution in [2.45, 2.75) is 6.17 Å². The van der Waals surface area contributed by atoms with Crippen LogP contribution in [0.2, 0.25) is 0 Å². The summed E-state index contributed by atoms with van der Waals surface area (Å²) in [6.07, 6.45) is 6.11. The Morgan fingerprint density at radius 2 is 2.22 bits per heavy atom. The summed E-state index contributed by atoms with van der Waals surface area (Å²) in [4.78, 5) is 0. The Morgan fingerprint density at radius 1 is 1.33 bits per heavy atom. The average molecular weight is 242 g/mol. The van der Waals surface area contributed by atoms with E-state index < -0.39 is 0 Å². The van der Waals surface area contributed by atoms with Gasteiger partial charge < -0.3 is 14.8 Å². The predicted octanol–water partition coefficient (Wildman–Crippen LogP) is 2.18. The van der Waals surface area contributed by atoms with Crippen LogP contribution in [0.25, 0.3) is 16.5 Å². The molecule has 2 heterocycles. The number of furan rings is 1. The molecule has 3 rings (SSSR count). The number of phenols is 1. The van der Waals surface area contributed by atoms with Crippen molar-refractivity contribution in [3.63, 3.8) is 0 Å². The maximum absolute atomic E-state index is 9.41. The van der Waals surface area contributed by atoms with Gasteiger partial charge in [0.05, 0.1) is 6.17 Å². The lowest BCUT2D eigenvalue weighted by Crippen LogP contribution is -2.36. The fraction of sp³-hybridized carbons (Fsp3) is 0.143. The van der Waals surface area contributed by atoms with Crippen molar-refractivity contribution in [1.29, 1.82) is 0 Å². The Morgan fingerprint density at radius 3 is 2.94 bits per heavy atom. The lowest BCUT2D eigenvalue weighted by Gasteiger charge is -2.16. The van der Waals surface area contributed by atoms with E-state index in [9.17, 15) is 5.11 Å². The summed E-state index contributed by atoms with van der Waals surface area (Å²) in [5, 5.41) is 16.7. The van der Waals surface area contributed by atoms with Crippen LogP contribution in [0.3, 0.4) is 0 Å². The molecule has 92 valence electrons. The third-order valence-electron chi connectivity index (χ3n) is 2.99. The largest absolute Gasteiger partial charge is 0.508 e. The summed E-state index contributed by atoms with van der Waals surface area (Å²) in [6, 6.07) is 7.08. The molecule has 1 aliphatic heterocycles. The molecule has 4 heteroatoms. The van der Waals surface area contributed by atoms with E-state index in [1.165, 1.54) is 0 Å². The number of likely N-dealkylation sites (N-methyl/N-ethyl adjacent to an activating group) is 1. The van der Waals surface area contributed by atoms with Gasteiger partial charge in [-0.2, -0.15) is 0 Å². The van der Waals surface area contributed by atoms with Gasteiger partial charge in [0.2, 0.25) is 0 Å². The smallest absolute Gasteiger partial charge is 0.138 e. The highest BCUT2D eigenvalue weighted by Gasteiger charge is 2.11. The molecule has 1 aromatic carbocycles. The van der Waals surface area contributed by atoms with Gasteiger partial charge in [0.1, 0.15) is 17.1 Å². The molecule has 1 aromatic heterocycles. The fourth-order valence-electron chi connectivity index (χ4n) is 1.98. The van der Waals surface area contributed by atoms with Crippen molar-refractivity contribution in [2.24, 2.45) is 0 Å². The van der Waals surface area contributed by atoms with E-state index in [0.717, 1.165) is 16.7 Å². The topological polar surface area (TPSA) is 57.4 Å². The van der Waals surface area contributed by atoms with Crippen LogP contribution >= 0.6 is 0 Å². The maximum atomic E-state index is 9.41. The zero-order chi connectivity index (χ0) is 12.5. The van der Waals surface area contributed by atoms with Crippen molar-refractivity contribution in [3.8, 4) is 5.75 Å². The summed E-state index contributed by atoms with van der Waals surface area (Å²) in [5.74, 6) is 0.999. The van der Waals surface area contributed by atoms with Crippen molar-refractivity contribution in [1.82, 2.24) is 10.6 Å². The summed E-state index contributed by atoms with van der Waals surface area (Å²) in [6.45, 7) is 0. The molecule has 4 nitrogen and oxygen atoms in total. The van der Waals surface area contributed by atoms with E-state index in [0.29, 0.717) is 5.58 Å². The van der Waals surface area contributed by atoms with Gasteiger partial charge in [0.15, 0.2) is 0 Å². The lowest BCUT2D eigenvalue weighted by atomic mass is 10.1. The minimum atomic E-state index is 0.155. The summed E-state index contributed by atoms with van der Waals surface area (Å²) >= 11 is 0. The second kappa shape index (κ2) is 4.23. The van der Waals surface area contributed by atoms with Crippen LogP contribution in [0.5, 0.6) is 5.75 Å². The number of phenolic OH excluding ortho intramolecular Hbond substituents is 1. The second-order valence-corrected chi connectivity index (χ2v) is 4.22. The lowest BCUT2D eigenvalue weighted by molar-refractivity contribution is 0.474. The van der Waals surface area contributed by atoms with Gasteiger partial charge in [-0.25, -0.2) is 0 Å². The van der Waals surface area contributed by atoms with Gasteiger partial charge >= 0.3 is 0 Å². The van der Waals surface area contributed by atoms with Crippen molar-refractivity contribution >= 4 is 16.5 Å². The number of hydrogen-bond donors (Lipinski definition) is 3. The molecule has 0 fully saturated rings. The predicted molar refractivity (Wildman–Crippen MR) is 71.0 cm³/mol. The van der Waals surface area contributed by atoms with Crippen molar-refractivity contribution in [3.05, 3.63) is 48.4 Å². The minimum absolute atomic E-state index is 0.155. The van der Waals surface area contributed by atoms with Gasteiger partial charge in [0, 0.05) is 23.2 Å². The molecule has 0 saturated carbocycles. The van der Waals surface area contributed by atoms with Crippen LogP contribution in [0, 0.1) is 0 Å². The van der Waals surface area contributed by atoms with Crippen LogP contribution in [0.15, 0.2) is 47.0 Å². The molecule has 0 spiro atoms. The van der Waals surface area contributed by atoms with E-state index in [2.05, 4.69) is 10.6 Å². The summed E-state index contributed by atoms with van der Waals surface area (Å²) in [7, 11) is 1.89. The number of nitrogens with one attached hydrogen (secondary N) is 2. The molecular weight excluding hydrogens is 228 g/mol. The zero-order valence-corrected chi connectivity index (χ0v) is 9.97. The molecular formula is C14H14N2O2. The molecule has 0 aliphatic carbocycles. The van der Waals surface area contributed by atoms with Crippen molar-refractivity contribution < 1.29 is 9.52 Å². The first kappa shape index (κ1) is 10.9. The molecule has 0 saturated heterocycles. The van der Waals surface area contributed by atoms with Crippen molar-refractivity contribution in [2.75, 3.05) is 7.05 Å². The van der Waals surface area contributed by atoms with Gasteiger partial charge in [-0.1, -0.05) is 6.08 Å². The highest BCUT2D eigenvalue weighted by molar-refractivity contribution is 5.85. The van der Waals surface area contributed by atoms with E-state index in [1.54, 1.807) is 12.1 Å². The number of allylic oxidation sites excluding steroid dienone is 2. The van der Waals surface area contributed by atoms with E-state index in [1.807, 2.05) is 37.5 Å². The monoisotopic (exact) mass is 242 g/mol. The van der Waals surface area contributed by atoms with E-state index in [4.69, 9.17) is 4.42 Å². The second-order valence-electron chi connectivity index (χ2n) is 4.22. The number of benzene rings is 1. The molecule has 0 amide bonds. The highest BCUT2D eigenvalue weighted by Crippen LogP contribution is 2.28. The van der Waals surface area contributed by atoms with E-state index in [-0.39, 0.29) is 11.9 Å². The number of aromatic hydroxyl groups is 1. The van der Waals surface area contributed by atoms with Crippen LogP contribution < -0.4 is 10.6 Å². The van der Waals surface area contributed by atoms with E-state index >= 15 is 0 Å². The highest BCUT2D eigenvalue weighted by atomic mass is 16.3. The maximum Gasteiger partial charge on any atom is 0.138 e. The summed E-state index contributed by atoms with van der Waals surface area (Å²) in [5.41, 5.74) is 1.67. The molecule has 3 N–H and O–H groups in total. The van der Waals surface area contributed by atoms with Gasteiger partial charge in [-0.15, -0.1) is 0 Å². The normalized spacial score (nSPS) is 18.7. The first-order valence-corrected chi connectivity index (χ1v) is 5.81. The third-order valence-corrected chi connectivity index (χ3v) is 2.99. The summed E-state index contributed by atoms with van der Waals surface area (Å²) < 4.78 is 5.72. The fourth-order valence-corrected chi connectivity index (χ4v) is 1.98. The molecule has 1 atom stereocenters. The van der Waals surface area contributed by atoms with Crippen LogP contribution in [0.1, 0.15) is 5.76 Å². The van der Waals surface area contributed by atoms with Crippen LogP contribution in [-0.4, -0.2) is 18.3 Å². The Kier molecular flexibility index (Phi) is 2.57. The SMILES string of the molecule is CNC1C=CC(c2cc3ccc(O)cc3o2)=CN1. The minimum Gasteiger partial charge on any atom is -0.508 e. The number of dihydropyridines is 1. The first-order chi connectivity index (χ1) is 8.76. The average Bonchev–Trinajstić information content (AvgIpc) is 2.81. The Labute approximate surface area is 105 Å². The van der Waals surface area contributed by atoms with Gasteiger partial charge in [-0.05, 0) is 31.3 Å². The number of rotatable bonds is 2. The first-order valence-electron chi connectivity index (χ1n) is 5.81. The molecule has 18 heavy (non-hydrogen) atoms. The Balaban J connectivity index is 1.96. The van der Waals surface area contributed by atoms with Crippen LogP contribution in [-0.2, 0) is 0 Å². The van der Waals surface area contributed by atoms with Gasteiger partial charge in [0.25, 0.3) is 0 Å². The quantitative estimate of drug-likeness (QED) is 0.755. The van der Waals surface area contributed by atoms with Gasteiger partial charge in [-0.3, -0.25) is 5.32 Å². The molecule has 1 aliphatic rings. The van der Waals surface area contributed by atoms with Crippen LogP contribution in [0.4, 0.5) is 0 Å². The number of hydrogen-bond acceptors (Lipinski definition) is 4. The standard InChI is InChI=1S/C14H14N2O2/c1-15-14-5-3-10(8-16-14)12-6-9-2-4-11(17)7-13(9)18-12/h2-8,14-17H,1H3. The zero-order valence-electron chi connectivity index (χ0n) is 9.97. The Hall–Kier alpha value is -2.20. The third kappa shape index (κ3) is 1.87. The Bertz CT molecular complexity index is 640. The molecule has 0 bridgehead atoms.